The summed E-state index contributed by atoms with van der Waals surface area (Å²) in [6.45, 7) is 3.96. The summed E-state index contributed by atoms with van der Waals surface area (Å²) in [4.78, 5) is 0.215. The number of rotatable bonds is 1. The maximum Gasteiger partial charge on any atom is 0.425 e. The minimum absolute atomic E-state index is 0.0165. The highest BCUT2D eigenvalue weighted by Gasteiger charge is 2.57. The topological polar surface area (TPSA) is 26.0 Å². The largest absolute Gasteiger partial charge is 0.425 e. The van der Waals surface area contributed by atoms with Crippen LogP contribution in [0.1, 0.15) is 29.5 Å². The van der Waals surface area contributed by atoms with Crippen LogP contribution in [0.25, 0.3) is 0 Å². The molecule has 2 rings (SSSR count). The Labute approximate surface area is 90.1 Å². The minimum atomic E-state index is -4.23. The molecular formula is C10H12F3NS. The molecule has 0 amide bonds. The summed E-state index contributed by atoms with van der Waals surface area (Å²) in [6.07, 6.45) is -4.23. The van der Waals surface area contributed by atoms with Gasteiger partial charge in [0.05, 0.1) is 0 Å². The monoisotopic (exact) mass is 235 g/mol. The van der Waals surface area contributed by atoms with Crippen molar-refractivity contribution in [3.05, 3.63) is 21.9 Å². The first-order valence-corrected chi connectivity index (χ1v) is 5.49. The molecule has 1 nitrogen and oxygen atoms in total. The summed E-state index contributed by atoms with van der Waals surface area (Å²) in [5.74, 6) is 0.0820. The van der Waals surface area contributed by atoms with Crippen LogP contribution in [0.15, 0.2) is 12.1 Å². The maximum absolute atomic E-state index is 12.4. The van der Waals surface area contributed by atoms with Crippen molar-refractivity contribution in [2.45, 2.75) is 32.0 Å². The van der Waals surface area contributed by atoms with Crippen molar-refractivity contribution in [2.24, 2.45) is 11.1 Å². The smallest absolute Gasteiger partial charge is 0.327 e. The molecule has 1 aromatic rings. The standard InChI is InChI=1S/C10H12F3NS/c1-9(2)7(8(9)14)5-3-4-6(15-5)10(11,12)13/h3-4,7-8H,14H2,1-2H3. The normalized spacial score (nSPS) is 29.2. The molecule has 0 radical (unpaired) electrons. The van der Waals surface area contributed by atoms with Crippen molar-refractivity contribution in [2.75, 3.05) is 0 Å². The Morgan fingerprint density at radius 2 is 1.87 bits per heavy atom. The lowest BCUT2D eigenvalue weighted by atomic mass is 10.1. The molecule has 15 heavy (non-hydrogen) atoms. The zero-order valence-electron chi connectivity index (χ0n) is 8.43. The third-order valence-electron chi connectivity index (χ3n) is 3.12. The number of nitrogens with two attached hydrogens (primary N) is 1. The summed E-state index contributed by atoms with van der Waals surface area (Å²) < 4.78 is 37.1. The second-order valence-electron chi connectivity index (χ2n) is 4.52. The molecule has 0 bridgehead atoms. The average molecular weight is 235 g/mol. The van der Waals surface area contributed by atoms with Crippen LogP contribution in [0.2, 0.25) is 0 Å². The highest BCUT2D eigenvalue weighted by Crippen LogP contribution is 2.59. The van der Waals surface area contributed by atoms with E-state index in [1.54, 1.807) is 6.07 Å². The average Bonchev–Trinajstić information content (AvgIpc) is 2.53. The summed E-state index contributed by atoms with van der Waals surface area (Å²) >= 11 is 0.811. The minimum Gasteiger partial charge on any atom is -0.327 e. The van der Waals surface area contributed by atoms with Crippen molar-refractivity contribution >= 4 is 11.3 Å². The van der Waals surface area contributed by atoms with E-state index >= 15 is 0 Å². The zero-order chi connectivity index (χ0) is 11.4. The van der Waals surface area contributed by atoms with Crippen LogP contribution < -0.4 is 5.73 Å². The maximum atomic E-state index is 12.4. The van der Waals surface area contributed by atoms with Crippen LogP contribution in [-0.2, 0) is 6.18 Å². The number of hydrogen-bond donors (Lipinski definition) is 1. The van der Waals surface area contributed by atoms with Gasteiger partial charge in [-0.25, -0.2) is 0 Å². The van der Waals surface area contributed by atoms with Crippen LogP contribution in [0.4, 0.5) is 13.2 Å². The molecule has 1 aliphatic carbocycles. The van der Waals surface area contributed by atoms with Gasteiger partial charge < -0.3 is 5.73 Å². The lowest BCUT2D eigenvalue weighted by molar-refractivity contribution is -0.134. The van der Waals surface area contributed by atoms with E-state index in [2.05, 4.69) is 0 Å². The van der Waals surface area contributed by atoms with Gasteiger partial charge in [-0.2, -0.15) is 13.2 Å². The fraction of sp³-hybridized carbons (Fsp3) is 0.600. The fourth-order valence-corrected chi connectivity index (χ4v) is 3.11. The van der Waals surface area contributed by atoms with Crippen LogP contribution in [0, 0.1) is 5.41 Å². The molecule has 0 spiro atoms. The first kappa shape index (κ1) is 11.0. The van der Waals surface area contributed by atoms with Gasteiger partial charge >= 0.3 is 6.18 Å². The number of alkyl halides is 3. The first-order chi connectivity index (χ1) is 6.74. The molecule has 84 valence electrons. The van der Waals surface area contributed by atoms with Crippen molar-refractivity contribution in [1.82, 2.24) is 0 Å². The van der Waals surface area contributed by atoms with E-state index in [9.17, 15) is 13.2 Å². The zero-order valence-corrected chi connectivity index (χ0v) is 9.25. The Morgan fingerprint density at radius 1 is 1.33 bits per heavy atom. The number of thiophene rings is 1. The van der Waals surface area contributed by atoms with E-state index in [4.69, 9.17) is 5.73 Å². The summed E-state index contributed by atoms with van der Waals surface area (Å²) in [6, 6.07) is 2.67. The predicted octanol–water partition coefficient (Wildman–Crippen LogP) is 3.22. The second kappa shape index (κ2) is 2.98. The SMILES string of the molecule is CC1(C)C(N)C1c1ccc(C(F)(F)F)s1. The number of halogens is 3. The van der Waals surface area contributed by atoms with Crippen molar-refractivity contribution < 1.29 is 13.2 Å². The molecule has 2 N–H and O–H groups in total. The Balaban J connectivity index is 2.23. The highest BCUT2D eigenvalue weighted by molar-refractivity contribution is 7.12. The Hall–Kier alpha value is -0.550. The van der Waals surface area contributed by atoms with Crippen LogP contribution >= 0.6 is 11.3 Å². The van der Waals surface area contributed by atoms with Gasteiger partial charge in [0.15, 0.2) is 0 Å². The first-order valence-electron chi connectivity index (χ1n) is 4.67. The Bertz CT molecular complexity index is 380. The van der Waals surface area contributed by atoms with E-state index < -0.39 is 11.1 Å². The Kier molecular flexibility index (Phi) is 2.18. The lowest BCUT2D eigenvalue weighted by Gasteiger charge is -2.01. The van der Waals surface area contributed by atoms with Crippen molar-refractivity contribution in [3.63, 3.8) is 0 Å². The third-order valence-corrected chi connectivity index (χ3v) is 4.34. The fourth-order valence-electron chi connectivity index (χ4n) is 1.89. The molecule has 0 aliphatic heterocycles. The van der Waals surface area contributed by atoms with Crippen molar-refractivity contribution in [1.29, 1.82) is 0 Å². The molecule has 5 heteroatoms. The molecule has 0 saturated heterocycles. The van der Waals surface area contributed by atoms with E-state index in [1.807, 2.05) is 13.8 Å². The second-order valence-corrected chi connectivity index (χ2v) is 5.64. The van der Waals surface area contributed by atoms with Crippen LogP contribution in [-0.4, -0.2) is 6.04 Å². The molecule has 2 unspecified atom stereocenters. The molecule has 1 saturated carbocycles. The predicted molar refractivity (Wildman–Crippen MR) is 53.8 cm³/mol. The van der Waals surface area contributed by atoms with E-state index in [1.165, 1.54) is 0 Å². The van der Waals surface area contributed by atoms with E-state index in [0.717, 1.165) is 22.3 Å². The van der Waals surface area contributed by atoms with Gasteiger partial charge in [0.2, 0.25) is 0 Å². The molecule has 1 aliphatic rings. The van der Waals surface area contributed by atoms with Gasteiger partial charge in [-0.05, 0) is 17.5 Å². The van der Waals surface area contributed by atoms with Gasteiger partial charge in [-0.1, -0.05) is 13.8 Å². The quantitative estimate of drug-likeness (QED) is 0.794. The van der Waals surface area contributed by atoms with Gasteiger partial charge in [-0.15, -0.1) is 11.3 Å². The van der Waals surface area contributed by atoms with Crippen molar-refractivity contribution in [3.8, 4) is 0 Å². The van der Waals surface area contributed by atoms with Gasteiger partial charge in [0, 0.05) is 16.8 Å². The molecule has 1 fully saturated rings. The van der Waals surface area contributed by atoms with Crippen LogP contribution in [0.3, 0.4) is 0 Å². The van der Waals surface area contributed by atoms with Crippen LogP contribution in [0.5, 0.6) is 0 Å². The molecule has 1 heterocycles. The van der Waals surface area contributed by atoms with Gasteiger partial charge in [0.1, 0.15) is 4.88 Å². The highest BCUT2D eigenvalue weighted by atomic mass is 32.1. The summed E-state index contributed by atoms with van der Waals surface area (Å²) in [5, 5.41) is 0. The summed E-state index contributed by atoms with van der Waals surface area (Å²) in [5.41, 5.74) is 5.76. The lowest BCUT2D eigenvalue weighted by Crippen LogP contribution is -2.06. The van der Waals surface area contributed by atoms with E-state index in [0.29, 0.717) is 0 Å². The summed E-state index contributed by atoms with van der Waals surface area (Å²) in [7, 11) is 0. The molecular weight excluding hydrogens is 223 g/mol. The van der Waals surface area contributed by atoms with Gasteiger partial charge in [0.25, 0.3) is 0 Å². The van der Waals surface area contributed by atoms with E-state index in [-0.39, 0.29) is 17.4 Å². The van der Waals surface area contributed by atoms with Gasteiger partial charge in [-0.3, -0.25) is 0 Å². The molecule has 0 aromatic carbocycles. The Morgan fingerprint density at radius 3 is 2.20 bits per heavy atom. The molecule has 2 atom stereocenters. The molecule has 1 aromatic heterocycles. The third kappa shape index (κ3) is 1.67. The number of hydrogen-bond acceptors (Lipinski definition) is 2.